The van der Waals surface area contributed by atoms with Gasteiger partial charge >= 0.3 is 136 Å². The van der Waals surface area contributed by atoms with Crippen molar-refractivity contribution in [3.63, 3.8) is 0 Å². The summed E-state index contributed by atoms with van der Waals surface area (Å²) in [7, 11) is 0. The average Bonchev–Trinajstić information content (AvgIpc) is 2.49. The maximum absolute atomic E-state index is 4.66. The Kier molecular flexibility index (Phi) is 9.58. The minimum absolute atomic E-state index is 0.601. The summed E-state index contributed by atoms with van der Waals surface area (Å²) < 4.78 is 2.12. The molecule has 0 bridgehead atoms. The zero-order chi connectivity index (χ0) is 14.7. The van der Waals surface area contributed by atoms with Gasteiger partial charge in [0, 0.05) is 0 Å². The molecule has 0 fully saturated rings. The van der Waals surface area contributed by atoms with E-state index in [1.54, 1.807) is 0 Å². The molecule has 0 aliphatic rings. The molecular weight excluding hydrogens is 349 g/mol. The Morgan fingerprint density at radius 3 is 1.85 bits per heavy atom. The van der Waals surface area contributed by atoms with Gasteiger partial charge < -0.3 is 0 Å². The first-order chi connectivity index (χ1) is 9.76. The average molecular weight is 380 g/mol. The van der Waals surface area contributed by atoms with Gasteiger partial charge in [-0.3, -0.25) is 0 Å². The number of hydrogen-bond donors (Lipinski definition) is 0. The van der Waals surface area contributed by atoms with Crippen molar-refractivity contribution in [2.75, 3.05) is 0 Å². The van der Waals surface area contributed by atoms with Gasteiger partial charge in [0.05, 0.1) is 0 Å². The first kappa shape index (κ1) is 18.0. The number of pyridine rings is 1. The molecule has 2 heteroatoms. The van der Waals surface area contributed by atoms with Gasteiger partial charge in [0.25, 0.3) is 0 Å². The normalized spacial score (nSPS) is 11.8. The van der Waals surface area contributed by atoms with Crippen molar-refractivity contribution in [1.82, 2.24) is 4.98 Å². The van der Waals surface area contributed by atoms with Gasteiger partial charge in [-0.15, -0.1) is 0 Å². The molecule has 112 valence electrons. The van der Waals surface area contributed by atoms with Crippen LogP contribution in [0, 0.1) is 0 Å². The molecule has 0 saturated carbocycles. The molecule has 0 aliphatic carbocycles. The molecule has 20 heavy (non-hydrogen) atoms. The Morgan fingerprint density at radius 2 is 1.45 bits per heavy atom. The third kappa shape index (κ3) is 6.60. The van der Waals surface area contributed by atoms with Crippen LogP contribution in [0.5, 0.6) is 0 Å². The van der Waals surface area contributed by atoms with Crippen LogP contribution in [0.4, 0.5) is 0 Å². The monoisotopic (exact) mass is 381 g/mol. The van der Waals surface area contributed by atoms with E-state index in [2.05, 4.69) is 44.0 Å². The molecule has 1 aromatic heterocycles. The van der Waals surface area contributed by atoms with E-state index < -0.39 is 21.1 Å². The van der Waals surface area contributed by atoms with Crippen LogP contribution in [0.3, 0.4) is 0 Å². The van der Waals surface area contributed by atoms with E-state index in [4.69, 9.17) is 0 Å². The Labute approximate surface area is 136 Å². The molecule has 0 amide bonds. The summed E-state index contributed by atoms with van der Waals surface area (Å²) in [6, 6.07) is 6.51. The molecule has 0 unspecified atom stereocenters. The van der Waals surface area contributed by atoms with Crippen LogP contribution in [0.15, 0.2) is 24.4 Å². The number of aromatic nitrogens is 1. The fourth-order valence-corrected chi connectivity index (χ4v) is 7.86. The van der Waals surface area contributed by atoms with E-state index in [1.165, 1.54) is 61.5 Å². The summed E-state index contributed by atoms with van der Waals surface area (Å²) >= 11 is -0.601. The summed E-state index contributed by atoms with van der Waals surface area (Å²) in [6.45, 7) is 6.99. The van der Waals surface area contributed by atoms with E-state index in [0.29, 0.717) is 3.43 Å². The second-order valence-corrected chi connectivity index (χ2v) is 11.1. The third-order valence-corrected chi connectivity index (χ3v) is 9.31. The number of rotatable bonds is 11. The van der Waals surface area contributed by atoms with Crippen LogP contribution in [-0.2, 0) is 0 Å². The van der Waals surface area contributed by atoms with E-state index in [-0.39, 0.29) is 0 Å². The van der Waals surface area contributed by atoms with Crippen LogP contribution in [0.1, 0.15) is 78.6 Å². The van der Waals surface area contributed by atoms with Crippen molar-refractivity contribution in [2.45, 2.75) is 82.0 Å². The van der Waals surface area contributed by atoms with Gasteiger partial charge in [0.15, 0.2) is 0 Å². The van der Waals surface area contributed by atoms with Gasteiger partial charge in [-0.2, -0.15) is 0 Å². The first-order valence-electron chi connectivity index (χ1n) is 8.45. The molecule has 1 rings (SSSR count). The van der Waals surface area contributed by atoms with Crippen molar-refractivity contribution in [1.29, 1.82) is 0 Å². The van der Waals surface area contributed by atoms with Gasteiger partial charge in [-0.05, 0) is 0 Å². The van der Waals surface area contributed by atoms with E-state index in [1.807, 2.05) is 6.20 Å². The van der Waals surface area contributed by atoms with Gasteiger partial charge in [0.1, 0.15) is 0 Å². The molecule has 2 radical (unpaired) electrons. The molecule has 0 atom stereocenters. The zero-order valence-corrected chi connectivity index (χ0v) is 16.5. The SMILES string of the molecule is CCCC[C](CCCC)(CCCC)[Sn][c]1ccccn1. The molecule has 1 nitrogen and oxygen atoms in total. The third-order valence-electron chi connectivity index (χ3n) is 4.08. The summed E-state index contributed by atoms with van der Waals surface area (Å²) in [5.41, 5.74) is 0. The van der Waals surface area contributed by atoms with Gasteiger partial charge in [0.2, 0.25) is 0 Å². The van der Waals surface area contributed by atoms with Crippen LogP contribution in [0.2, 0.25) is 3.43 Å². The van der Waals surface area contributed by atoms with E-state index in [9.17, 15) is 0 Å². The van der Waals surface area contributed by atoms with Crippen molar-refractivity contribution < 1.29 is 0 Å². The van der Waals surface area contributed by atoms with Crippen LogP contribution >= 0.6 is 0 Å². The predicted octanol–water partition coefficient (Wildman–Crippen LogP) is 5.14. The van der Waals surface area contributed by atoms with Crippen LogP contribution in [-0.4, -0.2) is 26.1 Å². The maximum atomic E-state index is 4.66. The molecule has 0 N–H and O–H groups in total. The summed E-state index contributed by atoms with van der Waals surface area (Å²) in [5, 5.41) is 0. The fourth-order valence-electron chi connectivity index (χ4n) is 2.82. The minimum atomic E-state index is -0.601. The standard InChI is InChI=1S/C13H27.C5H4N.Sn/c1-4-7-10-13(11-8-5-2)12-9-6-3;1-2-4-6-5-3-1;/h4-12H2,1-3H3;1-4H;. The molecule has 0 aliphatic heterocycles. The summed E-state index contributed by atoms with van der Waals surface area (Å²) in [6.07, 6.45) is 14.6. The quantitative estimate of drug-likeness (QED) is 0.485. The van der Waals surface area contributed by atoms with Crippen molar-refractivity contribution in [3.8, 4) is 0 Å². The zero-order valence-electron chi connectivity index (χ0n) is 13.6. The number of hydrogen-bond acceptors (Lipinski definition) is 1. The van der Waals surface area contributed by atoms with Crippen LogP contribution in [0.25, 0.3) is 0 Å². The molecule has 0 saturated heterocycles. The van der Waals surface area contributed by atoms with Gasteiger partial charge in [-0.1, -0.05) is 0 Å². The number of unbranched alkanes of at least 4 members (excludes halogenated alkanes) is 3. The molecule has 1 aromatic rings. The van der Waals surface area contributed by atoms with Crippen molar-refractivity contribution in [3.05, 3.63) is 24.4 Å². The Morgan fingerprint density at radius 1 is 0.900 bits per heavy atom. The Bertz CT molecular complexity index is 315. The summed E-state index contributed by atoms with van der Waals surface area (Å²) in [5.74, 6) is 0. The Balaban J connectivity index is 2.81. The second kappa shape index (κ2) is 10.6. The van der Waals surface area contributed by atoms with E-state index >= 15 is 0 Å². The fraction of sp³-hybridized carbons (Fsp3) is 0.722. The Hall–Kier alpha value is -0.0513. The second-order valence-electron chi connectivity index (χ2n) is 5.93. The molecule has 0 aromatic carbocycles. The van der Waals surface area contributed by atoms with Gasteiger partial charge in [-0.25, -0.2) is 0 Å². The predicted molar refractivity (Wildman–Crippen MR) is 90.9 cm³/mol. The first-order valence-corrected chi connectivity index (χ1v) is 11.3. The molecule has 0 spiro atoms. The van der Waals surface area contributed by atoms with Crippen molar-refractivity contribution >= 4 is 24.9 Å². The van der Waals surface area contributed by atoms with Crippen LogP contribution < -0.4 is 3.71 Å². The topological polar surface area (TPSA) is 12.9 Å². The van der Waals surface area contributed by atoms with E-state index in [0.717, 1.165) is 0 Å². The number of nitrogens with zero attached hydrogens (tertiary/aromatic N) is 1. The molecule has 1 heterocycles. The van der Waals surface area contributed by atoms with Crippen molar-refractivity contribution in [2.24, 2.45) is 0 Å². The molecular formula is C18H31NSn. The summed E-state index contributed by atoms with van der Waals surface area (Å²) in [4.78, 5) is 4.66.